The van der Waals surface area contributed by atoms with Gasteiger partial charge in [-0.1, -0.05) is 0 Å². The second kappa shape index (κ2) is 6.43. The van der Waals surface area contributed by atoms with E-state index in [1.54, 1.807) is 12.1 Å². The lowest BCUT2D eigenvalue weighted by atomic mass is 9.97. The zero-order valence-electron chi connectivity index (χ0n) is 14.0. The van der Waals surface area contributed by atoms with Crippen molar-refractivity contribution < 1.29 is 24.5 Å². The Labute approximate surface area is 141 Å². The Balaban J connectivity index is 1.82. The molecule has 2 aliphatic heterocycles. The number of carbonyl (C=O) groups excluding carboxylic acids is 1. The number of hydrogen-bond acceptors (Lipinski definition) is 4. The van der Waals surface area contributed by atoms with Gasteiger partial charge in [0, 0.05) is 17.6 Å². The van der Waals surface area contributed by atoms with Crippen LogP contribution in [0.25, 0.3) is 0 Å². The van der Waals surface area contributed by atoms with Gasteiger partial charge in [-0.05, 0) is 62.8 Å². The van der Waals surface area contributed by atoms with Crippen LogP contribution in [0.1, 0.15) is 47.2 Å². The van der Waals surface area contributed by atoms with Gasteiger partial charge in [-0.15, -0.1) is 0 Å². The Kier molecular flexibility index (Phi) is 4.49. The van der Waals surface area contributed by atoms with Crippen LogP contribution < -0.4 is 4.74 Å². The van der Waals surface area contributed by atoms with Gasteiger partial charge in [-0.25, -0.2) is 4.79 Å². The number of carboxylic acid groups (broad SMARTS) is 1. The third-order valence-corrected chi connectivity index (χ3v) is 4.99. The minimum absolute atomic E-state index is 0.00890. The van der Waals surface area contributed by atoms with Crippen molar-refractivity contribution in [2.45, 2.75) is 57.7 Å². The number of carboxylic acids is 1. The number of nitrogens with zero attached hydrogens (tertiary/aromatic N) is 1. The quantitative estimate of drug-likeness (QED) is 0.879. The number of fused-ring (bicyclic) bond motifs is 2. The summed E-state index contributed by atoms with van der Waals surface area (Å²) in [7, 11) is 0. The number of aliphatic hydroxyl groups excluding tert-OH is 1. The molecule has 2 atom stereocenters. The summed E-state index contributed by atoms with van der Waals surface area (Å²) in [5.74, 6) is -0.520. The molecule has 1 aromatic rings. The van der Waals surface area contributed by atoms with E-state index in [-0.39, 0.29) is 24.1 Å². The molecule has 2 N–H and O–H groups in total. The summed E-state index contributed by atoms with van der Waals surface area (Å²) in [4.78, 5) is 25.6. The smallest absolute Gasteiger partial charge is 0.341 e. The van der Waals surface area contributed by atoms with Crippen LogP contribution in [0.4, 0.5) is 0 Å². The summed E-state index contributed by atoms with van der Waals surface area (Å²) < 4.78 is 5.32. The molecular formula is C18H23NO5. The van der Waals surface area contributed by atoms with E-state index in [4.69, 9.17) is 9.84 Å². The lowest BCUT2D eigenvalue weighted by molar-refractivity contribution is -0.139. The number of aliphatic carboxylic acids is 1. The highest BCUT2D eigenvalue weighted by Gasteiger charge is 2.43. The van der Waals surface area contributed by atoms with Crippen LogP contribution in [-0.4, -0.2) is 51.8 Å². The molecule has 6 heteroatoms. The predicted molar refractivity (Wildman–Crippen MR) is 87.3 cm³/mol. The fourth-order valence-electron chi connectivity index (χ4n) is 4.06. The van der Waals surface area contributed by atoms with Crippen molar-refractivity contribution in [3.63, 3.8) is 0 Å². The number of aryl methyl sites for hydroxylation is 2. The van der Waals surface area contributed by atoms with Crippen LogP contribution in [0.15, 0.2) is 12.1 Å². The Morgan fingerprint density at radius 3 is 2.21 bits per heavy atom. The van der Waals surface area contributed by atoms with Crippen LogP contribution in [0.3, 0.4) is 0 Å². The van der Waals surface area contributed by atoms with Crippen molar-refractivity contribution in [2.24, 2.45) is 0 Å². The zero-order chi connectivity index (χ0) is 17.4. The molecule has 3 rings (SSSR count). The molecule has 2 saturated heterocycles. The first-order valence-corrected chi connectivity index (χ1v) is 8.33. The van der Waals surface area contributed by atoms with E-state index >= 15 is 0 Å². The average Bonchev–Trinajstić information content (AvgIpc) is 2.77. The normalized spacial score (nSPS) is 25.6. The van der Waals surface area contributed by atoms with E-state index in [1.807, 2.05) is 18.7 Å². The monoisotopic (exact) mass is 333 g/mol. The van der Waals surface area contributed by atoms with Crippen LogP contribution in [0.5, 0.6) is 5.75 Å². The van der Waals surface area contributed by atoms with Gasteiger partial charge in [0.15, 0.2) is 6.61 Å². The van der Waals surface area contributed by atoms with E-state index in [9.17, 15) is 14.7 Å². The number of aliphatic hydroxyl groups is 1. The average molecular weight is 333 g/mol. The molecule has 2 heterocycles. The van der Waals surface area contributed by atoms with Gasteiger partial charge in [0.2, 0.25) is 0 Å². The molecule has 2 fully saturated rings. The van der Waals surface area contributed by atoms with Crippen LogP contribution in [0.2, 0.25) is 0 Å². The topological polar surface area (TPSA) is 87.1 Å². The van der Waals surface area contributed by atoms with Crippen LogP contribution in [0, 0.1) is 13.8 Å². The standard InChI is InChI=1S/C18H23NO5/c1-10-5-12(6-11(2)17(10)24-9-16(21)22)18(23)19-13-3-4-14(19)8-15(20)7-13/h5-6,13-15,20H,3-4,7-9H2,1-2H3,(H,21,22). The molecule has 0 aromatic heterocycles. The van der Waals surface area contributed by atoms with Gasteiger partial charge in [0.05, 0.1) is 6.10 Å². The molecule has 2 unspecified atom stereocenters. The third kappa shape index (κ3) is 3.11. The summed E-state index contributed by atoms with van der Waals surface area (Å²) in [6, 6.07) is 3.76. The van der Waals surface area contributed by atoms with Crippen LogP contribution in [-0.2, 0) is 4.79 Å². The number of carbonyl (C=O) groups is 2. The highest BCUT2D eigenvalue weighted by molar-refractivity contribution is 5.95. The van der Waals surface area contributed by atoms with E-state index < -0.39 is 12.6 Å². The Hall–Kier alpha value is -2.08. The van der Waals surface area contributed by atoms with Crippen molar-refractivity contribution in [2.75, 3.05) is 6.61 Å². The molecule has 2 bridgehead atoms. The lowest BCUT2D eigenvalue weighted by Crippen LogP contribution is -2.48. The molecule has 6 nitrogen and oxygen atoms in total. The summed E-state index contributed by atoms with van der Waals surface area (Å²) >= 11 is 0. The molecule has 0 spiro atoms. The first kappa shape index (κ1) is 16.8. The molecule has 0 aliphatic carbocycles. The number of benzene rings is 1. The molecule has 130 valence electrons. The second-order valence-electron chi connectivity index (χ2n) is 6.84. The SMILES string of the molecule is Cc1cc(C(=O)N2C3CCC2CC(O)C3)cc(C)c1OCC(=O)O. The fourth-order valence-corrected chi connectivity index (χ4v) is 4.06. The summed E-state index contributed by atoms with van der Waals surface area (Å²) in [5, 5.41) is 18.6. The Bertz CT molecular complexity index is 634. The molecule has 0 saturated carbocycles. The van der Waals surface area contributed by atoms with Crippen molar-refractivity contribution in [3.05, 3.63) is 28.8 Å². The Morgan fingerprint density at radius 1 is 1.17 bits per heavy atom. The fraction of sp³-hybridized carbons (Fsp3) is 0.556. The minimum atomic E-state index is -1.03. The van der Waals surface area contributed by atoms with Gasteiger partial charge >= 0.3 is 5.97 Å². The van der Waals surface area contributed by atoms with Gasteiger partial charge in [0.25, 0.3) is 5.91 Å². The molecule has 1 amide bonds. The Morgan fingerprint density at radius 2 is 1.71 bits per heavy atom. The maximum atomic E-state index is 13.0. The van der Waals surface area contributed by atoms with Crippen molar-refractivity contribution >= 4 is 11.9 Å². The number of hydrogen-bond donors (Lipinski definition) is 2. The minimum Gasteiger partial charge on any atom is -0.481 e. The summed E-state index contributed by atoms with van der Waals surface area (Å²) in [6.45, 7) is 3.23. The van der Waals surface area contributed by atoms with Gasteiger partial charge in [-0.2, -0.15) is 0 Å². The molecular weight excluding hydrogens is 310 g/mol. The second-order valence-corrected chi connectivity index (χ2v) is 6.84. The summed E-state index contributed by atoms with van der Waals surface area (Å²) in [5.41, 5.74) is 2.11. The van der Waals surface area contributed by atoms with Crippen LogP contribution >= 0.6 is 0 Å². The van der Waals surface area contributed by atoms with Gasteiger partial charge in [-0.3, -0.25) is 4.79 Å². The number of amides is 1. The molecule has 24 heavy (non-hydrogen) atoms. The first-order chi connectivity index (χ1) is 11.4. The number of ether oxygens (including phenoxy) is 1. The highest BCUT2D eigenvalue weighted by Crippen LogP contribution is 2.37. The van der Waals surface area contributed by atoms with E-state index in [0.29, 0.717) is 24.2 Å². The molecule has 2 aliphatic rings. The van der Waals surface area contributed by atoms with Gasteiger partial charge in [0.1, 0.15) is 5.75 Å². The number of piperidine rings is 1. The van der Waals surface area contributed by atoms with E-state index in [0.717, 1.165) is 24.0 Å². The summed E-state index contributed by atoms with van der Waals surface area (Å²) in [6.07, 6.45) is 2.90. The predicted octanol–water partition coefficient (Wildman–Crippen LogP) is 1.89. The van der Waals surface area contributed by atoms with Crippen molar-refractivity contribution in [3.8, 4) is 5.75 Å². The van der Waals surface area contributed by atoms with Crippen molar-refractivity contribution in [1.82, 2.24) is 4.90 Å². The van der Waals surface area contributed by atoms with E-state index in [2.05, 4.69) is 0 Å². The third-order valence-electron chi connectivity index (χ3n) is 4.99. The maximum Gasteiger partial charge on any atom is 0.341 e. The van der Waals surface area contributed by atoms with E-state index in [1.165, 1.54) is 0 Å². The maximum absolute atomic E-state index is 13.0. The zero-order valence-corrected chi connectivity index (χ0v) is 14.0. The van der Waals surface area contributed by atoms with Crippen molar-refractivity contribution in [1.29, 1.82) is 0 Å². The molecule has 1 aromatic carbocycles. The van der Waals surface area contributed by atoms with Gasteiger partial charge < -0.3 is 19.8 Å². The largest absolute Gasteiger partial charge is 0.481 e. The molecule has 0 radical (unpaired) electrons. The highest BCUT2D eigenvalue weighted by atomic mass is 16.5. The number of rotatable bonds is 4. The lowest BCUT2D eigenvalue weighted by Gasteiger charge is -2.37. The first-order valence-electron chi connectivity index (χ1n) is 8.33.